The van der Waals surface area contributed by atoms with Crippen molar-refractivity contribution in [3.63, 3.8) is 0 Å². The number of aliphatic hydroxyl groups excluding tert-OH is 1. The number of nitrogens with one attached hydrogen (secondary N) is 1. The van der Waals surface area contributed by atoms with Crippen LogP contribution in [0, 0.1) is 5.92 Å². The molecule has 1 aromatic heterocycles. The number of carbonyl (C=O) groups excluding carboxylic acids is 1. The van der Waals surface area contributed by atoms with Crippen molar-refractivity contribution < 1.29 is 14.6 Å². The molecule has 1 saturated heterocycles. The number of carbonyl (C=O) groups is 1. The van der Waals surface area contributed by atoms with Crippen molar-refractivity contribution >= 4 is 17.2 Å². The summed E-state index contributed by atoms with van der Waals surface area (Å²) in [4.78, 5) is 16.9. The summed E-state index contributed by atoms with van der Waals surface area (Å²) in [6.45, 7) is 5.16. The van der Waals surface area contributed by atoms with Crippen LogP contribution in [-0.4, -0.2) is 35.3 Å². The van der Waals surface area contributed by atoms with Crippen molar-refractivity contribution in [2.75, 3.05) is 13.2 Å². The lowest BCUT2D eigenvalue weighted by atomic mass is 9.96. The molecule has 0 spiro atoms. The van der Waals surface area contributed by atoms with Crippen LogP contribution in [0.15, 0.2) is 6.20 Å². The van der Waals surface area contributed by atoms with Gasteiger partial charge < -0.3 is 15.2 Å². The van der Waals surface area contributed by atoms with Gasteiger partial charge in [-0.2, -0.15) is 0 Å². The Morgan fingerprint density at radius 1 is 1.57 bits per heavy atom. The SMILES string of the molecule is CCC(CC)C(O)CNC(=O)c1cnc(C2CCCO2)s1. The zero-order valence-electron chi connectivity index (χ0n) is 12.7. The fourth-order valence-corrected chi connectivity index (χ4v) is 3.52. The molecule has 2 atom stereocenters. The largest absolute Gasteiger partial charge is 0.391 e. The number of aliphatic hydroxyl groups is 1. The minimum Gasteiger partial charge on any atom is -0.391 e. The first-order chi connectivity index (χ1) is 10.2. The maximum absolute atomic E-state index is 12.1. The van der Waals surface area contributed by atoms with Crippen LogP contribution in [0.2, 0.25) is 0 Å². The number of hydrogen-bond donors (Lipinski definition) is 2. The summed E-state index contributed by atoms with van der Waals surface area (Å²) >= 11 is 1.38. The van der Waals surface area contributed by atoms with E-state index in [-0.39, 0.29) is 17.9 Å². The molecule has 2 rings (SSSR count). The molecule has 2 heterocycles. The minimum atomic E-state index is -0.491. The summed E-state index contributed by atoms with van der Waals surface area (Å²) in [5.74, 6) is 0.0657. The fourth-order valence-electron chi connectivity index (χ4n) is 2.60. The maximum atomic E-state index is 12.1. The first-order valence-corrected chi connectivity index (χ1v) is 8.50. The van der Waals surface area contributed by atoms with E-state index >= 15 is 0 Å². The molecule has 118 valence electrons. The molecule has 1 amide bonds. The third-order valence-electron chi connectivity index (χ3n) is 4.02. The van der Waals surface area contributed by atoms with Gasteiger partial charge >= 0.3 is 0 Å². The van der Waals surface area contributed by atoms with Crippen LogP contribution in [0.25, 0.3) is 0 Å². The second kappa shape index (κ2) is 7.87. The van der Waals surface area contributed by atoms with E-state index in [9.17, 15) is 9.90 Å². The molecule has 21 heavy (non-hydrogen) atoms. The van der Waals surface area contributed by atoms with Crippen LogP contribution in [0.5, 0.6) is 0 Å². The summed E-state index contributed by atoms with van der Waals surface area (Å²) in [7, 11) is 0. The fraction of sp³-hybridized carbons (Fsp3) is 0.733. The molecular weight excluding hydrogens is 288 g/mol. The molecule has 1 aromatic rings. The van der Waals surface area contributed by atoms with Crippen molar-refractivity contribution in [2.24, 2.45) is 5.92 Å². The van der Waals surface area contributed by atoms with Crippen molar-refractivity contribution in [3.8, 4) is 0 Å². The Morgan fingerprint density at radius 2 is 2.33 bits per heavy atom. The van der Waals surface area contributed by atoms with Gasteiger partial charge in [0.15, 0.2) is 0 Å². The van der Waals surface area contributed by atoms with Crippen LogP contribution >= 0.6 is 11.3 Å². The maximum Gasteiger partial charge on any atom is 0.263 e. The summed E-state index contributed by atoms with van der Waals surface area (Å²) in [5.41, 5.74) is 0. The summed E-state index contributed by atoms with van der Waals surface area (Å²) in [5, 5.41) is 13.7. The van der Waals surface area contributed by atoms with E-state index in [0.29, 0.717) is 11.4 Å². The summed E-state index contributed by atoms with van der Waals surface area (Å²) in [6, 6.07) is 0. The average molecular weight is 312 g/mol. The van der Waals surface area contributed by atoms with Gasteiger partial charge in [-0.15, -0.1) is 11.3 Å². The van der Waals surface area contributed by atoms with Crippen LogP contribution in [0.3, 0.4) is 0 Å². The first-order valence-electron chi connectivity index (χ1n) is 7.69. The van der Waals surface area contributed by atoms with E-state index in [4.69, 9.17) is 4.74 Å². The lowest BCUT2D eigenvalue weighted by molar-refractivity contribution is 0.0819. The lowest BCUT2D eigenvalue weighted by Crippen LogP contribution is -2.35. The molecule has 0 aromatic carbocycles. The van der Waals surface area contributed by atoms with Crippen molar-refractivity contribution in [1.82, 2.24) is 10.3 Å². The second-order valence-corrected chi connectivity index (χ2v) is 6.48. The molecule has 0 radical (unpaired) electrons. The van der Waals surface area contributed by atoms with Gasteiger partial charge in [-0.3, -0.25) is 4.79 Å². The van der Waals surface area contributed by atoms with Gasteiger partial charge in [0.25, 0.3) is 5.91 Å². The van der Waals surface area contributed by atoms with Crippen molar-refractivity contribution in [3.05, 3.63) is 16.1 Å². The molecular formula is C15H24N2O3S. The van der Waals surface area contributed by atoms with Gasteiger partial charge in [0.2, 0.25) is 0 Å². The van der Waals surface area contributed by atoms with Crippen molar-refractivity contribution in [2.45, 2.75) is 51.7 Å². The lowest BCUT2D eigenvalue weighted by Gasteiger charge is -2.20. The zero-order valence-corrected chi connectivity index (χ0v) is 13.5. The topological polar surface area (TPSA) is 71.5 Å². The van der Waals surface area contributed by atoms with E-state index in [1.54, 1.807) is 6.20 Å². The molecule has 0 aliphatic carbocycles. The number of thiazole rings is 1. The molecule has 0 bridgehead atoms. The summed E-state index contributed by atoms with van der Waals surface area (Å²) in [6.07, 6.45) is 5.01. The number of aromatic nitrogens is 1. The van der Waals surface area contributed by atoms with Gasteiger partial charge in [0.05, 0.1) is 12.3 Å². The Morgan fingerprint density at radius 3 is 2.95 bits per heavy atom. The highest BCUT2D eigenvalue weighted by Gasteiger charge is 2.23. The molecule has 0 saturated carbocycles. The normalized spacial score (nSPS) is 19.9. The smallest absolute Gasteiger partial charge is 0.263 e. The average Bonchev–Trinajstić information content (AvgIpc) is 3.16. The van der Waals surface area contributed by atoms with E-state index in [1.807, 2.05) is 0 Å². The Labute approximate surface area is 129 Å². The predicted octanol–water partition coefficient (Wildman–Crippen LogP) is 2.52. The monoisotopic (exact) mass is 312 g/mol. The van der Waals surface area contributed by atoms with Crippen molar-refractivity contribution in [1.29, 1.82) is 0 Å². The Kier molecular flexibility index (Phi) is 6.14. The number of amides is 1. The molecule has 5 nitrogen and oxygen atoms in total. The van der Waals surface area contributed by atoms with Gasteiger partial charge in [-0.05, 0) is 18.8 Å². The third kappa shape index (κ3) is 4.25. The molecule has 2 unspecified atom stereocenters. The Hall–Kier alpha value is -0.980. The van der Waals surface area contributed by atoms with Gasteiger partial charge in [-0.1, -0.05) is 26.7 Å². The highest BCUT2D eigenvalue weighted by atomic mass is 32.1. The second-order valence-electron chi connectivity index (χ2n) is 5.42. The first kappa shape index (κ1) is 16.4. The molecule has 1 aliphatic rings. The highest BCUT2D eigenvalue weighted by molar-refractivity contribution is 7.13. The number of nitrogens with zero attached hydrogens (tertiary/aromatic N) is 1. The number of hydrogen-bond acceptors (Lipinski definition) is 5. The molecule has 1 fully saturated rings. The van der Waals surface area contributed by atoms with Crippen LogP contribution in [-0.2, 0) is 4.74 Å². The van der Waals surface area contributed by atoms with Crippen LogP contribution < -0.4 is 5.32 Å². The Bertz CT molecular complexity index is 454. The van der Waals surface area contributed by atoms with E-state index in [1.165, 1.54) is 11.3 Å². The van der Waals surface area contributed by atoms with Gasteiger partial charge in [-0.25, -0.2) is 4.98 Å². The van der Waals surface area contributed by atoms with E-state index in [2.05, 4.69) is 24.1 Å². The van der Waals surface area contributed by atoms with Gasteiger partial charge in [0.1, 0.15) is 16.0 Å². The summed E-state index contributed by atoms with van der Waals surface area (Å²) < 4.78 is 5.57. The zero-order chi connectivity index (χ0) is 15.2. The molecule has 2 N–H and O–H groups in total. The number of ether oxygens (including phenoxy) is 1. The molecule has 6 heteroatoms. The number of rotatable bonds is 7. The Balaban J connectivity index is 1.85. The third-order valence-corrected chi connectivity index (χ3v) is 5.11. The standard InChI is InChI=1S/C15H24N2O3S/c1-3-10(4-2)11(18)8-16-14(19)13-9-17-15(21-13)12-6-5-7-20-12/h9-12,18H,3-8H2,1-2H3,(H,16,19). The molecule has 1 aliphatic heterocycles. The highest BCUT2D eigenvalue weighted by Crippen LogP contribution is 2.31. The quantitative estimate of drug-likeness (QED) is 0.811. The minimum absolute atomic E-state index is 0.0479. The van der Waals surface area contributed by atoms with Crippen LogP contribution in [0.4, 0.5) is 0 Å². The van der Waals surface area contributed by atoms with E-state index < -0.39 is 6.10 Å². The van der Waals surface area contributed by atoms with Gasteiger partial charge in [0, 0.05) is 13.2 Å². The van der Waals surface area contributed by atoms with E-state index in [0.717, 1.165) is 37.3 Å². The predicted molar refractivity (Wildman–Crippen MR) is 82.5 cm³/mol. The van der Waals surface area contributed by atoms with Crippen LogP contribution in [0.1, 0.15) is 60.3 Å².